The van der Waals surface area contributed by atoms with Crippen molar-refractivity contribution in [3.05, 3.63) is 112 Å². The summed E-state index contributed by atoms with van der Waals surface area (Å²) < 4.78 is 15.3. The van der Waals surface area contributed by atoms with Crippen LogP contribution in [-0.2, 0) is 13.0 Å². The number of fused-ring (bicyclic) bond motifs is 1. The van der Waals surface area contributed by atoms with Gasteiger partial charge in [-0.15, -0.1) is 0 Å². The molecule has 33 heavy (non-hydrogen) atoms. The first kappa shape index (κ1) is 20.7. The van der Waals surface area contributed by atoms with E-state index in [0.29, 0.717) is 23.4 Å². The molecule has 5 rings (SSSR count). The van der Waals surface area contributed by atoms with Crippen LogP contribution in [0.3, 0.4) is 0 Å². The van der Waals surface area contributed by atoms with Crippen LogP contribution in [0.1, 0.15) is 18.1 Å². The lowest BCUT2D eigenvalue weighted by Gasteiger charge is -2.11. The predicted octanol–water partition coefficient (Wildman–Crippen LogP) is 5.69. The molecule has 2 aromatic heterocycles. The molecular formula is C27H23FN4O. The second-order valence-corrected chi connectivity index (χ2v) is 7.85. The zero-order valence-electron chi connectivity index (χ0n) is 18.2. The van der Waals surface area contributed by atoms with Crippen LogP contribution < -0.4 is 10.9 Å². The van der Waals surface area contributed by atoms with Crippen LogP contribution in [0.2, 0.25) is 0 Å². The molecular weight excluding hydrogens is 415 g/mol. The smallest absolute Gasteiger partial charge is 0.254 e. The lowest BCUT2D eigenvalue weighted by atomic mass is 10.1. The Hall–Kier alpha value is -4.19. The Morgan fingerprint density at radius 1 is 0.939 bits per heavy atom. The Labute approximate surface area is 190 Å². The molecule has 0 saturated carbocycles. The number of aryl methyl sites for hydroxylation is 1. The Balaban J connectivity index is 1.63. The predicted molar refractivity (Wildman–Crippen MR) is 130 cm³/mol. The van der Waals surface area contributed by atoms with Crippen LogP contribution in [0.15, 0.2) is 89.7 Å². The molecule has 3 aromatic carbocycles. The van der Waals surface area contributed by atoms with E-state index in [4.69, 9.17) is 5.10 Å². The summed E-state index contributed by atoms with van der Waals surface area (Å²) in [6, 6.07) is 25.8. The number of hydrogen-bond donors (Lipinski definition) is 2. The topological polar surface area (TPSA) is 62.7 Å². The fraction of sp³-hybridized carbons (Fsp3) is 0.111. The SMILES string of the molecule is CCc1ccccc1NCc1cc2c(-c3ccc(F)cc3)nn(-c3ccccc3)c2[nH]c1=O. The monoisotopic (exact) mass is 438 g/mol. The van der Waals surface area contributed by atoms with Gasteiger partial charge in [-0.1, -0.05) is 43.3 Å². The maximum absolute atomic E-state index is 13.5. The highest BCUT2D eigenvalue weighted by Crippen LogP contribution is 2.29. The van der Waals surface area contributed by atoms with Gasteiger partial charge in [-0.3, -0.25) is 4.79 Å². The number of nitrogens with zero attached hydrogens (tertiary/aromatic N) is 2. The molecule has 0 aliphatic rings. The molecule has 0 aliphatic carbocycles. The number of nitrogens with one attached hydrogen (secondary N) is 2. The van der Waals surface area contributed by atoms with Gasteiger partial charge in [0.1, 0.15) is 17.2 Å². The zero-order valence-corrected chi connectivity index (χ0v) is 18.2. The number of halogens is 1. The summed E-state index contributed by atoms with van der Waals surface area (Å²) in [6.07, 6.45) is 0.900. The van der Waals surface area contributed by atoms with E-state index >= 15 is 0 Å². The van der Waals surface area contributed by atoms with Gasteiger partial charge in [-0.05, 0) is 60.5 Å². The molecule has 164 valence electrons. The number of rotatable bonds is 6. The summed E-state index contributed by atoms with van der Waals surface area (Å²) in [4.78, 5) is 16.0. The quantitative estimate of drug-likeness (QED) is 0.358. The van der Waals surface area contributed by atoms with Crippen molar-refractivity contribution in [1.82, 2.24) is 14.8 Å². The van der Waals surface area contributed by atoms with Gasteiger partial charge in [0.15, 0.2) is 0 Å². The molecule has 5 nitrogen and oxygen atoms in total. The molecule has 0 fully saturated rings. The van der Waals surface area contributed by atoms with Crippen molar-refractivity contribution in [1.29, 1.82) is 0 Å². The van der Waals surface area contributed by atoms with E-state index in [1.54, 1.807) is 16.8 Å². The van der Waals surface area contributed by atoms with Gasteiger partial charge in [0.05, 0.1) is 5.69 Å². The van der Waals surface area contributed by atoms with Crippen molar-refractivity contribution in [2.45, 2.75) is 19.9 Å². The number of aromatic nitrogens is 3. The van der Waals surface area contributed by atoms with Crippen molar-refractivity contribution >= 4 is 16.7 Å². The van der Waals surface area contributed by atoms with Crippen LogP contribution in [0, 0.1) is 5.82 Å². The van der Waals surface area contributed by atoms with E-state index in [-0.39, 0.29) is 11.4 Å². The number of hydrogen-bond acceptors (Lipinski definition) is 3. The number of anilines is 1. The number of pyridine rings is 1. The van der Waals surface area contributed by atoms with E-state index < -0.39 is 0 Å². The van der Waals surface area contributed by atoms with E-state index in [2.05, 4.69) is 23.3 Å². The fourth-order valence-corrected chi connectivity index (χ4v) is 4.01. The van der Waals surface area contributed by atoms with E-state index in [1.165, 1.54) is 17.7 Å². The molecule has 5 aromatic rings. The lowest BCUT2D eigenvalue weighted by molar-refractivity contribution is 0.628. The Morgan fingerprint density at radius 3 is 2.42 bits per heavy atom. The lowest BCUT2D eigenvalue weighted by Crippen LogP contribution is -2.17. The number of para-hydroxylation sites is 2. The first-order valence-corrected chi connectivity index (χ1v) is 10.9. The molecule has 6 heteroatoms. The average Bonchev–Trinajstić information content (AvgIpc) is 3.22. The molecule has 0 unspecified atom stereocenters. The Kier molecular flexibility index (Phi) is 5.48. The van der Waals surface area contributed by atoms with E-state index in [0.717, 1.165) is 28.7 Å². The normalized spacial score (nSPS) is 11.1. The van der Waals surface area contributed by atoms with Gasteiger partial charge < -0.3 is 10.3 Å². The summed E-state index contributed by atoms with van der Waals surface area (Å²) in [5, 5.41) is 8.98. The standard InChI is InChI=1S/C27H23FN4O/c1-2-18-8-6-7-11-24(18)29-17-20-16-23-25(19-12-14-21(28)15-13-19)31-32(26(23)30-27(20)33)22-9-4-3-5-10-22/h3-16,29H,2,17H2,1H3,(H,30,33). The molecule has 2 heterocycles. The average molecular weight is 439 g/mol. The Bertz CT molecular complexity index is 1470. The van der Waals surface area contributed by atoms with Crippen LogP contribution in [0.5, 0.6) is 0 Å². The Morgan fingerprint density at radius 2 is 1.67 bits per heavy atom. The molecule has 0 saturated heterocycles. The third-order valence-electron chi connectivity index (χ3n) is 5.75. The molecule has 0 atom stereocenters. The maximum Gasteiger partial charge on any atom is 0.254 e. The second-order valence-electron chi connectivity index (χ2n) is 7.85. The first-order chi connectivity index (χ1) is 16.1. The summed E-state index contributed by atoms with van der Waals surface area (Å²) in [6.45, 7) is 2.48. The molecule has 0 bridgehead atoms. The van der Waals surface area contributed by atoms with Gasteiger partial charge in [-0.2, -0.15) is 5.10 Å². The fourth-order valence-electron chi connectivity index (χ4n) is 4.01. The third-order valence-corrected chi connectivity index (χ3v) is 5.75. The van der Waals surface area contributed by atoms with E-state index in [9.17, 15) is 9.18 Å². The van der Waals surface area contributed by atoms with Gasteiger partial charge in [0.25, 0.3) is 5.56 Å². The summed E-state index contributed by atoms with van der Waals surface area (Å²) in [7, 11) is 0. The van der Waals surface area contributed by atoms with Crippen LogP contribution >= 0.6 is 0 Å². The van der Waals surface area contributed by atoms with Gasteiger partial charge in [0.2, 0.25) is 0 Å². The molecule has 0 amide bonds. The minimum Gasteiger partial charge on any atom is -0.381 e. The van der Waals surface area contributed by atoms with Crippen molar-refractivity contribution in [3.8, 4) is 16.9 Å². The van der Waals surface area contributed by atoms with Crippen molar-refractivity contribution < 1.29 is 4.39 Å². The molecule has 0 aliphatic heterocycles. The summed E-state index contributed by atoms with van der Waals surface area (Å²) >= 11 is 0. The van der Waals surface area contributed by atoms with Crippen LogP contribution in [0.25, 0.3) is 28.0 Å². The van der Waals surface area contributed by atoms with Crippen molar-refractivity contribution in [3.63, 3.8) is 0 Å². The second kappa shape index (κ2) is 8.74. The van der Waals surface area contributed by atoms with Crippen LogP contribution in [0.4, 0.5) is 10.1 Å². The number of H-pyrrole nitrogens is 1. The van der Waals surface area contributed by atoms with Crippen molar-refractivity contribution in [2.75, 3.05) is 5.32 Å². The minimum atomic E-state index is -0.307. The number of aromatic amines is 1. The number of benzene rings is 3. The molecule has 2 N–H and O–H groups in total. The zero-order chi connectivity index (χ0) is 22.8. The molecule has 0 spiro atoms. The third kappa shape index (κ3) is 4.03. The van der Waals surface area contributed by atoms with Gasteiger partial charge in [0, 0.05) is 28.7 Å². The molecule has 0 radical (unpaired) electrons. The summed E-state index contributed by atoms with van der Waals surface area (Å²) in [5.41, 5.74) is 5.52. The van der Waals surface area contributed by atoms with Gasteiger partial charge in [-0.25, -0.2) is 9.07 Å². The van der Waals surface area contributed by atoms with Crippen LogP contribution in [-0.4, -0.2) is 14.8 Å². The minimum absolute atomic E-state index is 0.174. The van der Waals surface area contributed by atoms with Crippen molar-refractivity contribution in [2.24, 2.45) is 0 Å². The summed E-state index contributed by atoms with van der Waals surface area (Å²) in [5.74, 6) is -0.307. The first-order valence-electron chi connectivity index (χ1n) is 10.9. The highest BCUT2D eigenvalue weighted by atomic mass is 19.1. The largest absolute Gasteiger partial charge is 0.381 e. The highest BCUT2D eigenvalue weighted by Gasteiger charge is 2.17. The highest BCUT2D eigenvalue weighted by molar-refractivity contribution is 5.92. The van der Waals surface area contributed by atoms with E-state index in [1.807, 2.05) is 54.6 Å². The van der Waals surface area contributed by atoms with Gasteiger partial charge >= 0.3 is 0 Å². The maximum atomic E-state index is 13.5.